The number of aliphatic hydroxyl groups is 1. The number of carbonyl (C=O) groups is 1. The number of ether oxygens (including phenoxy) is 1. The number of hydrogen-bond donors (Lipinski definition) is 1. The van der Waals surface area contributed by atoms with E-state index in [1.165, 1.54) is 12.8 Å². The summed E-state index contributed by atoms with van der Waals surface area (Å²) in [6.45, 7) is 4.44. The van der Waals surface area contributed by atoms with E-state index in [2.05, 4.69) is 4.90 Å². The largest absolute Gasteiger partial charge is 0.389 e. The van der Waals surface area contributed by atoms with Crippen LogP contribution in [0, 0.1) is 5.92 Å². The van der Waals surface area contributed by atoms with Crippen molar-refractivity contribution in [2.24, 2.45) is 5.92 Å². The maximum absolute atomic E-state index is 12.5. The zero-order chi connectivity index (χ0) is 18.4. The SMILES string of the molecule is O=C(C1CCCC1)N1CCN(CC(O)COCc2ccccc2Cl)CC1. The van der Waals surface area contributed by atoms with Gasteiger partial charge in [-0.2, -0.15) is 0 Å². The molecule has 0 radical (unpaired) electrons. The summed E-state index contributed by atoms with van der Waals surface area (Å²) in [5, 5.41) is 10.9. The monoisotopic (exact) mass is 380 g/mol. The maximum atomic E-state index is 12.5. The molecular formula is C20H29ClN2O3. The van der Waals surface area contributed by atoms with Gasteiger partial charge in [-0.25, -0.2) is 0 Å². The van der Waals surface area contributed by atoms with Crippen molar-refractivity contribution in [3.05, 3.63) is 34.9 Å². The first-order chi connectivity index (χ1) is 12.6. The number of β-amino-alcohol motifs (C(OH)–C–C–N with tert-alkyl or cyclic N) is 1. The summed E-state index contributed by atoms with van der Waals surface area (Å²) in [5.74, 6) is 0.594. The van der Waals surface area contributed by atoms with E-state index in [0.717, 1.165) is 44.6 Å². The normalized spacial score (nSPS) is 20.5. The van der Waals surface area contributed by atoms with Gasteiger partial charge in [-0.3, -0.25) is 9.69 Å². The van der Waals surface area contributed by atoms with Gasteiger partial charge in [-0.15, -0.1) is 0 Å². The lowest BCUT2D eigenvalue weighted by Crippen LogP contribution is -2.51. The molecule has 5 nitrogen and oxygen atoms in total. The molecule has 144 valence electrons. The summed E-state index contributed by atoms with van der Waals surface area (Å²) >= 11 is 6.10. The third-order valence-electron chi connectivity index (χ3n) is 5.38. The Morgan fingerprint density at radius 3 is 2.58 bits per heavy atom. The highest BCUT2D eigenvalue weighted by Gasteiger charge is 2.29. The van der Waals surface area contributed by atoms with E-state index in [0.29, 0.717) is 24.1 Å². The zero-order valence-electron chi connectivity index (χ0n) is 15.3. The predicted molar refractivity (Wildman–Crippen MR) is 102 cm³/mol. The van der Waals surface area contributed by atoms with Crippen LogP contribution in [0.2, 0.25) is 5.02 Å². The van der Waals surface area contributed by atoms with Crippen LogP contribution in [0.1, 0.15) is 31.2 Å². The molecule has 1 N–H and O–H groups in total. The minimum atomic E-state index is -0.533. The second-order valence-corrected chi connectivity index (χ2v) is 7.77. The van der Waals surface area contributed by atoms with Crippen LogP contribution >= 0.6 is 11.6 Å². The second-order valence-electron chi connectivity index (χ2n) is 7.37. The molecule has 0 aromatic heterocycles. The number of rotatable bonds is 7. The molecule has 1 atom stereocenters. The molecule has 1 amide bonds. The van der Waals surface area contributed by atoms with Crippen molar-refractivity contribution in [1.82, 2.24) is 9.80 Å². The average molecular weight is 381 g/mol. The molecule has 6 heteroatoms. The van der Waals surface area contributed by atoms with Gasteiger partial charge in [0.25, 0.3) is 0 Å². The topological polar surface area (TPSA) is 53.0 Å². The first-order valence-corrected chi connectivity index (χ1v) is 10.0. The Morgan fingerprint density at radius 1 is 1.19 bits per heavy atom. The van der Waals surface area contributed by atoms with Crippen LogP contribution in [0.25, 0.3) is 0 Å². The number of piperazine rings is 1. The molecule has 1 aromatic rings. The molecule has 3 rings (SSSR count). The molecule has 1 aromatic carbocycles. The van der Waals surface area contributed by atoms with Gasteiger partial charge in [0.2, 0.25) is 5.91 Å². The van der Waals surface area contributed by atoms with Crippen molar-refractivity contribution in [2.75, 3.05) is 39.3 Å². The van der Waals surface area contributed by atoms with Crippen molar-refractivity contribution in [1.29, 1.82) is 0 Å². The summed E-state index contributed by atoms with van der Waals surface area (Å²) in [4.78, 5) is 16.7. The fraction of sp³-hybridized carbons (Fsp3) is 0.650. The molecule has 1 unspecified atom stereocenters. The molecule has 0 bridgehead atoms. The third-order valence-corrected chi connectivity index (χ3v) is 5.75. The third kappa shape index (κ3) is 5.43. The Hall–Kier alpha value is -1.14. The second kappa shape index (κ2) is 9.70. The number of benzene rings is 1. The summed E-state index contributed by atoms with van der Waals surface area (Å²) in [6, 6.07) is 7.57. The molecular weight excluding hydrogens is 352 g/mol. The Bertz CT molecular complexity index is 584. The Labute approximate surface area is 160 Å². The smallest absolute Gasteiger partial charge is 0.225 e. The average Bonchev–Trinajstić information content (AvgIpc) is 3.18. The first-order valence-electron chi connectivity index (χ1n) is 9.64. The lowest BCUT2D eigenvalue weighted by atomic mass is 10.1. The molecule has 26 heavy (non-hydrogen) atoms. The van der Waals surface area contributed by atoms with Gasteiger partial charge in [0.15, 0.2) is 0 Å². The van der Waals surface area contributed by atoms with Gasteiger partial charge in [-0.1, -0.05) is 42.6 Å². The van der Waals surface area contributed by atoms with Crippen LogP contribution < -0.4 is 0 Å². The minimum absolute atomic E-state index is 0.255. The molecule has 2 fully saturated rings. The van der Waals surface area contributed by atoms with E-state index in [-0.39, 0.29) is 12.5 Å². The lowest BCUT2D eigenvalue weighted by Gasteiger charge is -2.36. The van der Waals surface area contributed by atoms with Gasteiger partial charge < -0.3 is 14.7 Å². The molecule has 0 spiro atoms. The van der Waals surface area contributed by atoms with Crippen molar-refractivity contribution in [3.63, 3.8) is 0 Å². The van der Waals surface area contributed by atoms with E-state index in [9.17, 15) is 9.90 Å². The van der Waals surface area contributed by atoms with E-state index in [1.807, 2.05) is 29.2 Å². The molecule has 1 aliphatic carbocycles. The van der Waals surface area contributed by atoms with Crippen LogP contribution in [0.15, 0.2) is 24.3 Å². The Kier molecular flexibility index (Phi) is 7.32. The quantitative estimate of drug-likeness (QED) is 0.789. The molecule has 2 aliphatic rings. The number of halogens is 1. The van der Waals surface area contributed by atoms with Gasteiger partial charge in [0.1, 0.15) is 0 Å². The first kappa shape index (κ1) is 19.6. The molecule has 1 saturated heterocycles. The highest BCUT2D eigenvalue weighted by atomic mass is 35.5. The summed E-state index contributed by atoms with van der Waals surface area (Å²) in [7, 11) is 0. The van der Waals surface area contributed by atoms with Crippen LogP contribution in [0.4, 0.5) is 0 Å². The number of amides is 1. The fourth-order valence-corrected chi connectivity index (χ4v) is 4.04. The van der Waals surface area contributed by atoms with E-state index < -0.39 is 6.10 Å². The summed E-state index contributed by atoms with van der Waals surface area (Å²) < 4.78 is 5.61. The maximum Gasteiger partial charge on any atom is 0.225 e. The van der Waals surface area contributed by atoms with Crippen molar-refractivity contribution in [2.45, 2.75) is 38.4 Å². The Balaban J connectivity index is 1.33. The van der Waals surface area contributed by atoms with Crippen LogP contribution in [0.3, 0.4) is 0 Å². The van der Waals surface area contributed by atoms with Crippen molar-refractivity contribution in [3.8, 4) is 0 Å². The molecule has 1 saturated carbocycles. The van der Waals surface area contributed by atoms with Gasteiger partial charge >= 0.3 is 0 Å². The van der Waals surface area contributed by atoms with Gasteiger partial charge in [-0.05, 0) is 24.5 Å². The number of carbonyl (C=O) groups excluding carboxylic acids is 1. The standard InChI is InChI=1S/C20H29ClN2O3/c21-19-8-4-3-7-17(19)14-26-15-18(24)13-22-9-11-23(12-10-22)20(25)16-5-1-2-6-16/h3-4,7-8,16,18,24H,1-2,5-6,9-15H2. The van der Waals surface area contributed by atoms with Gasteiger partial charge in [0.05, 0.1) is 19.3 Å². The van der Waals surface area contributed by atoms with E-state index in [1.54, 1.807) is 0 Å². The molecule has 1 aliphatic heterocycles. The highest BCUT2D eigenvalue weighted by molar-refractivity contribution is 6.31. The van der Waals surface area contributed by atoms with Crippen LogP contribution in [-0.2, 0) is 16.1 Å². The van der Waals surface area contributed by atoms with Gasteiger partial charge in [0, 0.05) is 43.7 Å². The van der Waals surface area contributed by atoms with Crippen LogP contribution in [0.5, 0.6) is 0 Å². The highest BCUT2D eigenvalue weighted by Crippen LogP contribution is 2.27. The number of hydrogen-bond acceptors (Lipinski definition) is 4. The van der Waals surface area contributed by atoms with Crippen molar-refractivity contribution >= 4 is 17.5 Å². The number of aliphatic hydroxyl groups excluding tert-OH is 1. The summed E-state index contributed by atoms with van der Waals surface area (Å²) in [6.07, 6.45) is 3.96. The Morgan fingerprint density at radius 2 is 1.88 bits per heavy atom. The fourth-order valence-electron chi connectivity index (χ4n) is 3.85. The van der Waals surface area contributed by atoms with Crippen molar-refractivity contribution < 1.29 is 14.6 Å². The van der Waals surface area contributed by atoms with E-state index >= 15 is 0 Å². The van der Waals surface area contributed by atoms with E-state index in [4.69, 9.17) is 16.3 Å². The minimum Gasteiger partial charge on any atom is -0.389 e. The lowest BCUT2D eigenvalue weighted by molar-refractivity contribution is -0.137. The van der Waals surface area contributed by atoms with Crippen LogP contribution in [-0.4, -0.2) is 66.2 Å². The number of nitrogens with zero attached hydrogens (tertiary/aromatic N) is 2. The predicted octanol–water partition coefficient (Wildman–Crippen LogP) is 2.55. The molecule has 1 heterocycles. The summed E-state index contributed by atoms with van der Waals surface area (Å²) in [5.41, 5.74) is 0.931. The zero-order valence-corrected chi connectivity index (χ0v) is 16.0.